The van der Waals surface area contributed by atoms with Crippen LogP contribution in [0.25, 0.3) is 0 Å². The molecule has 4 heteroatoms. The second kappa shape index (κ2) is 3.90. The molecule has 0 aliphatic heterocycles. The Morgan fingerprint density at radius 3 is 2.92 bits per heavy atom. The molecule has 0 atom stereocenters. The largest absolute Gasteiger partial charge is 0.342 e. The molecule has 0 aliphatic carbocycles. The Bertz CT molecular complexity index is 267. The van der Waals surface area contributed by atoms with Crippen molar-refractivity contribution in [2.24, 2.45) is 0 Å². The summed E-state index contributed by atoms with van der Waals surface area (Å²) in [5, 5.41) is 6.57. The van der Waals surface area contributed by atoms with Crippen LogP contribution in [-0.4, -0.2) is 22.4 Å². The van der Waals surface area contributed by atoms with E-state index >= 15 is 0 Å². The molecule has 1 aromatic rings. The average molecular weight is 167 g/mol. The summed E-state index contributed by atoms with van der Waals surface area (Å²) in [5.74, 6) is 0. The predicted octanol–water partition coefficient (Wildman–Crippen LogP) is 1.02. The molecule has 1 heterocycles. The second-order valence-electron chi connectivity index (χ2n) is 2.48. The fourth-order valence-corrected chi connectivity index (χ4v) is 0.886. The first-order chi connectivity index (χ1) is 5.77. The number of hydrogen-bond acceptors (Lipinski definition) is 2. The Balaban J connectivity index is 2.68. The van der Waals surface area contributed by atoms with Gasteiger partial charge in [0, 0.05) is 12.7 Å². The molecule has 0 fully saturated rings. The number of aryl methyl sites for hydroxylation is 1. The molecule has 0 saturated carbocycles. The summed E-state index contributed by atoms with van der Waals surface area (Å²) in [7, 11) is 0. The van der Waals surface area contributed by atoms with Crippen molar-refractivity contribution in [1.82, 2.24) is 15.1 Å². The third kappa shape index (κ3) is 1.84. The zero-order chi connectivity index (χ0) is 8.97. The fraction of sp³-hybridized carbons (Fsp3) is 0.500. The van der Waals surface area contributed by atoms with E-state index in [-0.39, 0.29) is 6.03 Å². The third-order valence-corrected chi connectivity index (χ3v) is 1.58. The summed E-state index contributed by atoms with van der Waals surface area (Å²) in [5.41, 5.74) is 1.07. The molecular formula is C8H13N3O. The lowest BCUT2D eigenvalue weighted by atomic mass is 10.3. The molecule has 0 radical (unpaired) electrons. The van der Waals surface area contributed by atoms with Crippen LogP contribution >= 0.6 is 0 Å². The van der Waals surface area contributed by atoms with Crippen molar-refractivity contribution >= 4 is 6.03 Å². The summed E-state index contributed by atoms with van der Waals surface area (Å²) in [6.45, 7) is 4.53. The van der Waals surface area contributed by atoms with Gasteiger partial charge in [-0.2, -0.15) is 9.78 Å². The van der Waals surface area contributed by atoms with Crippen molar-refractivity contribution in [2.45, 2.75) is 20.3 Å². The molecule has 0 aromatic carbocycles. The number of rotatable bonds is 2. The van der Waals surface area contributed by atoms with Gasteiger partial charge in [0.1, 0.15) is 0 Å². The molecule has 0 unspecified atom stereocenters. The maximum atomic E-state index is 11.2. The third-order valence-electron chi connectivity index (χ3n) is 1.58. The van der Waals surface area contributed by atoms with E-state index in [4.69, 9.17) is 0 Å². The van der Waals surface area contributed by atoms with Gasteiger partial charge in [-0.15, -0.1) is 0 Å². The maximum Gasteiger partial charge on any atom is 0.342 e. The minimum absolute atomic E-state index is 0.169. The molecular weight excluding hydrogens is 154 g/mol. The Morgan fingerprint density at radius 2 is 2.42 bits per heavy atom. The molecule has 1 amide bonds. The predicted molar refractivity (Wildman–Crippen MR) is 46.1 cm³/mol. The lowest BCUT2D eigenvalue weighted by Gasteiger charge is -1.99. The fourth-order valence-electron chi connectivity index (χ4n) is 0.886. The lowest BCUT2D eigenvalue weighted by molar-refractivity contribution is 0.240. The van der Waals surface area contributed by atoms with Crippen molar-refractivity contribution < 1.29 is 4.79 Å². The average Bonchev–Trinajstić information content (AvgIpc) is 2.52. The van der Waals surface area contributed by atoms with Gasteiger partial charge in [-0.3, -0.25) is 0 Å². The Labute approximate surface area is 71.6 Å². The second-order valence-corrected chi connectivity index (χ2v) is 2.48. The van der Waals surface area contributed by atoms with Crippen molar-refractivity contribution in [3.8, 4) is 0 Å². The van der Waals surface area contributed by atoms with E-state index in [1.165, 1.54) is 4.68 Å². The number of nitrogens with zero attached hydrogens (tertiary/aromatic N) is 2. The Kier molecular flexibility index (Phi) is 2.85. The number of hydrogen-bond donors (Lipinski definition) is 1. The number of amides is 1. The van der Waals surface area contributed by atoms with Crippen LogP contribution in [0.3, 0.4) is 0 Å². The molecule has 1 rings (SSSR count). The van der Waals surface area contributed by atoms with E-state index in [0.717, 1.165) is 12.0 Å². The van der Waals surface area contributed by atoms with Gasteiger partial charge in [0.05, 0.1) is 6.20 Å². The zero-order valence-corrected chi connectivity index (χ0v) is 7.37. The van der Waals surface area contributed by atoms with Gasteiger partial charge in [-0.1, -0.05) is 6.92 Å². The van der Waals surface area contributed by atoms with Crippen molar-refractivity contribution in [3.63, 3.8) is 0 Å². The van der Waals surface area contributed by atoms with Crippen LogP contribution in [0.2, 0.25) is 0 Å². The summed E-state index contributed by atoms with van der Waals surface area (Å²) >= 11 is 0. The first kappa shape index (κ1) is 8.77. The van der Waals surface area contributed by atoms with Gasteiger partial charge in [0.15, 0.2) is 0 Å². The van der Waals surface area contributed by atoms with E-state index < -0.39 is 0 Å². The van der Waals surface area contributed by atoms with Gasteiger partial charge in [-0.25, -0.2) is 4.79 Å². The van der Waals surface area contributed by atoms with Crippen molar-refractivity contribution in [2.75, 3.05) is 6.54 Å². The molecule has 66 valence electrons. The number of carbonyl (C=O) groups excluding carboxylic acids is 1. The van der Waals surface area contributed by atoms with Gasteiger partial charge < -0.3 is 5.32 Å². The van der Waals surface area contributed by atoms with Crippen molar-refractivity contribution in [1.29, 1.82) is 0 Å². The summed E-state index contributed by atoms with van der Waals surface area (Å²) in [4.78, 5) is 11.2. The van der Waals surface area contributed by atoms with Gasteiger partial charge >= 0.3 is 6.03 Å². The maximum absolute atomic E-state index is 11.2. The smallest absolute Gasteiger partial charge is 0.336 e. The molecule has 0 aliphatic rings. The SMILES string of the molecule is CCNC(=O)n1cc(CC)cn1. The quantitative estimate of drug-likeness (QED) is 0.715. The van der Waals surface area contributed by atoms with Gasteiger partial charge in [0.2, 0.25) is 0 Å². The number of carbonyl (C=O) groups is 1. The molecule has 1 N–H and O–H groups in total. The van der Waals surface area contributed by atoms with Crippen LogP contribution in [0.4, 0.5) is 4.79 Å². The minimum Gasteiger partial charge on any atom is -0.336 e. The minimum atomic E-state index is -0.169. The van der Waals surface area contributed by atoms with Gasteiger partial charge in [0.25, 0.3) is 0 Å². The number of nitrogens with one attached hydrogen (secondary N) is 1. The van der Waals surface area contributed by atoms with E-state index in [0.29, 0.717) is 6.54 Å². The molecule has 12 heavy (non-hydrogen) atoms. The monoisotopic (exact) mass is 167 g/mol. The zero-order valence-electron chi connectivity index (χ0n) is 7.37. The highest BCUT2D eigenvalue weighted by atomic mass is 16.2. The molecule has 0 bridgehead atoms. The van der Waals surface area contributed by atoms with Crippen LogP contribution < -0.4 is 5.32 Å². The van der Waals surface area contributed by atoms with E-state index in [9.17, 15) is 4.79 Å². The Hall–Kier alpha value is -1.32. The molecule has 4 nitrogen and oxygen atoms in total. The molecule has 0 spiro atoms. The summed E-state index contributed by atoms with van der Waals surface area (Å²) in [6.07, 6.45) is 4.35. The highest BCUT2D eigenvalue weighted by Gasteiger charge is 2.03. The first-order valence-electron chi connectivity index (χ1n) is 4.09. The van der Waals surface area contributed by atoms with E-state index in [1.54, 1.807) is 12.4 Å². The highest BCUT2D eigenvalue weighted by molar-refractivity contribution is 5.75. The standard InChI is InChI=1S/C8H13N3O/c1-3-7-5-10-11(6-7)8(12)9-4-2/h5-6H,3-4H2,1-2H3,(H,9,12). The van der Waals surface area contributed by atoms with Crippen LogP contribution in [0.5, 0.6) is 0 Å². The topological polar surface area (TPSA) is 46.9 Å². The summed E-state index contributed by atoms with van der Waals surface area (Å²) < 4.78 is 1.32. The van der Waals surface area contributed by atoms with Crippen LogP contribution in [0, 0.1) is 0 Å². The molecule has 1 aromatic heterocycles. The van der Waals surface area contributed by atoms with Crippen LogP contribution in [0.1, 0.15) is 19.4 Å². The van der Waals surface area contributed by atoms with E-state index in [2.05, 4.69) is 10.4 Å². The van der Waals surface area contributed by atoms with E-state index in [1.807, 2.05) is 13.8 Å². The summed E-state index contributed by atoms with van der Waals surface area (Å²) in [6, 6.07) is -0.169. The normalized spacial score (nSPS) is 9.83. The van der Waals surface area contributed by atoms with Gasteiger partial charge in [-0.05, 0) is 18.9 Å². The molecule has 0 saturated heterocycles. The Morgan fingerprint density at radius 1 is 1.67 bits per heavy atom. The first-order valence-corrected chi connectivity index (χ1v) is 4.09. The van der Waals surface area contributed by atoms with Crippen LogP contribution in [-0.2, 0) is 6.42 Å². The van der Waals surface area contributed by atoms with Crippen LogP contribution in [0.15, 0.2) is 12.4 Å². The van der Waals surface area contributed by atoms with Crippen molar-refractivity contribution in [3.05, 3.63) is 18.0 Å². The highest BCUT2D eigenvalue weighted by Crippen LogP contribution is 1.96. The lowest BCUT2D eigenvalue weighted by Crippen LogP contribution is -2.28. The number of aromatic nitrogens is 2.